The Kier molecular flexibility index (Phi) is 9.88. The number of nitrogens with one attached hydrogen (secondary N) is 1. The van der Waals surface area contributed by atoms with Crippen molar-refractivity contribution in [2.24, 2.45) is 0 Å². The van der Waals surface area contributed by atoms with Gasteiger partial charge < -0.3 is 10.2 Å². The molecule has 3 rings (SSSR count). The average Bonchev–Trinajstić information content (AvgIpc) is 2.80. The summed E-state index contributed by atoms with van der Waals surface area (Å²) in [6.07, 6.45) is 0.360. The van der Waals surface area contributed by atoms with Crippen LogP contribution in [0.1, 0.15) is 30.5 Å². The summed E-state index contributed by atoms with van der Waals surface area (Å²) in [7, 11) is 0. The molecule has 2 amide bonds. The van der Waals surface area contributed by atoms with Gasteiger partial charge in [-0.25, -0.2) is 0 Å². The molecule has 1 atom stereocenters. The third kappa shape index (κ3) is 7.88. The molecule has 4 nitrogen and oxygen atoms in total. The normalized spacial score (nSPS) is 11.9. The standard InChI is InChI=1S/C27H26Cl4N2O2/c1-17(2)32-27(35)25(13-18-6-4-3-5-7-18)33(16-19-8-11-22(29)24(31)12-19)26(34)14-20-9-10-21(28)15-23(20)30/h3-12,15,17,25H,13-14,16H2,1-2H3,(H,32,35)/t25-/m0/s1. The van der Waals surface area contributed by atoms with Crippen LogP contribution in [0.5, 0.6) is 0 Å². The number of rotatable bonds is 9. The maximum Gasteiger partial charge on any atom is 0.243 e. The second-order valence-electron chi connectivity index (χ2n) is 8.55. The first-order valence-electron chi connectivity index (χ1n) is 11.2. The summed E-state index contributed by atoms with van der Waals surface area (Å²) in [6.45, 7) is 3.94. The van der Waals surface area contributed by atoms with E-state index in [1.165, 1.54) is 0 Å². The zero-order valence-corrected chi connectivity index (χ0v) is 22.4. The molecular weight excluding hydrogens is 526 g/mol. The summed E-state index contributed by atoms with van der Waals surface area (Å²) in [5.74, 6) is -0.486. The Morgan fingerprint density at radius 3 is 2.17 bits per heavy atom. The van der Waals surface area contributed by atoms with Crippen LogP contribution < -0.4 is 5.32 Å². The number of carbonyl (C=O) groups excluding carboxylic acids is 2. The van der Waals surface area contributed by atoms with Gasteiger partial charge in [-0.2, -0.15) is 0 Å². The predicted octanol–water partition coefficient (Wildman–Crippen LogP) is 7.01. The van der Waals surface area contributed by atoms with E-state index in [9.17, 15) is 9.59 Å². The molecule has 0 saturated carbocycles. The lowest BCUT2D eigenvalue weighted by molar-refractivity contribution is -0.141. The molecule has 0 saturated heterocycles. The molecule has 0 bridgehead atoms. The fourth-order valence-corrected chi connectivity index (χ4v) is 4.49. The highest BCUT2D eigenvalue weighted by atomic mass is 35.5. The summed E-state index contributed by atoms with van der Waals surface area (Å²) in [5.41, 5.74) is 2.32. The van der Waals surface area contributed by atoms with E-state index in [1.807, 2.05) is 44.2 Å². The van der Waals surface area contributed by atoms with E-state index in [1.54, 1.807) is 41.3 Å². The topological polar surface area (TPSA) is 49.4 Å². The van der Waals surface area contributed by atoms with Crippen LogP contribution in [0.15, 0.2) is 66.7 Å². The van der Waals surface area contributed by atoms with Crippen LogP contribution in [0.25, 0.3) is 0 Å². The van der Waals surface area contributed by atoms with Crippen molar-refractivity contribution in [2.75, 3.05) is 0 Å². The molecule has 3 aromatic rings. The number of benzene rings is 3. The van der Waals surface area contributed by atoms with Crippen molar-refractivity contribution in [2.45, 2.75) is 45.3 Å². The lowest BCUT2D eigenvalue weighted by Crippen LogP contribution is -2.52. The Morgan fingerprint density at radius 1 is 0.829 bits per heavy atom. The van der Waals surface area contributed by atoms with E-state index in [0.29, 0.717) is 32.1 Å². The summed E-state index contributed by atoms with van der Waals surface area (Å²) >= 11 is 24.7. The number of halogens is 4. The minimum absolute atomic E-state index is 0.0115. The third-order valence-electron chi connectivity index (χ3n) is 5.40. The minimum Gasteiger partial charge on any atom is -0.352 e. The number of amides is 2. The molecule has 0 spiro atoms. The van der Waals surface area contributed by atoms with Crippen molar-refractivity contribution in [1.29, 1.82) is 0 Å². The molecule has 35 heavy (non-hydrogen) atoms. The molecule has 0 aliphatic carbocycles. The molecule has 0 aliphatic rings. The van der Waals surface area contributed by atoms with Gasteiger partial charge in [-0.1, -0.05) is 88.9 Å². The van der Waals surface area contributed by atoms with Gasteiger partial charge in [-0.15, -0.1) is 0 Å². The van der Waals surface area contributed by atoms with Crippen LogP contribution in [0.2, 0.25) is 20.1 Å². The quantitative estimate of drug-likeness (QED) is 0.311. The van der Waals surface area contributed by atoms with Gasteiger partial charge in [0.15, 0.2) is 0 Å². The number of carbonyl (C=O) groups is 2. The molecule has 0 aromatic heterocycles. The van der Waals surface area contributed by atoms with Crippen molar-refractivity contribution in [3.05, 3.63) is 104 Å². The smallest absolute Gasteiger partial charge is 0.243 e. The van der Waals surface area contributed by atoms with E-state index in [4.69, 9.17) is 46.4 Å². The Balaban J connectivity index is 2.00. The van der Waals surface area contributed by atoms with Gasteiger partial charge in [0.1, 0.15) is 6.04 Å². The summed E-state index contributed by atoms with van der Waals surface area (Å²) in [4.78, 5) is 28.7. The first-order chi connectivity index (χ1) is 16.6. The molecule has 0 unspecified atom stereocenters. The Morgan fingerprint density at radius 2 is 1.54 bits per heavy atom. The second kappa shape index (κ2) is 12.6. The van der Waals surface area contributed by atoms with E-state index < -0.39 is 6.04 Å². The highest BCUT2D eigenvalue weighted by molar-refractivity contribution is 6.42. The molecular formula is C27H26Cl4N2O2. The van der Waals surface area contributed by atoms with Gasteiger partial charge in [0.2, 0.25) is 11.8 Å². The SMILES string of the molecule is CC(C)NC(=O)[C@H](Cc1ccccc1)N(Cc1ccc(Cl)c(Cl)c1)C(=O)Cc1ccc(Cl)cc1Cl. The highest BCUT2D eigenvalue weighted by Gasteiger charge is 2.31. The number of hydrogen-bond donors (Lipinski definition) is 1. The predicted molar refractivity (Wildman–Crippen MR) is 144 cm³/mol. The monoisotopic (exact) mass is 550 g/mol. The van der Waals surface area contributed by atoms with Crippen molar-refractivity contribution in [3.8, 4) is 0 Å². The molecule has 0 heterocycles. The van der Waals surface area contributed by atoms with E-state index >= 15 is 0 Å². The average molecular weight is 552 g/mol. The van der Waals surface area contributed by atoms with Crippen LogP contribution >= 0.6 is 46.4 Å². The summed E-state index contributed by atoms with van der Waals surface area (Å²) < 4.78 is 0. The van der Waals surface area contributed by atoms with Gasteiger partial charge in [-0.05, 0) is 54.8 Å². The van der Waals surface area contributed by atoms with Crippen LogP contribution in [0.4, 0.5) is 0 Å². The molecule has 0 radical (unpaired) electrons. The fourth-order valence-electron chi connectivity index (χ4n) is 3.70. The molecule has 0 fully saturated rings. The number of hydrogen-bond acceptors (Lipinski definition) is 2. The fraction of sp³-hybridized carbons (Fsp3) is 0.259. The zero-order valence-electron chi connectivity index (χ0n) is 19.4. The van der Waals surface area contributed by atoms with Crippen LogP contribution in [0, 0.1) is 0 Å². The minimum atomic E-state index is -0.757. The van der Waals surface area contributed by atoms with Crippen molar-refractivity contribution in [1.82, 2.24) is 10.2 Å². The van der Waals surface area contributed by atoms with Crippen molar-refractivity contribution in [3.63, 3.8) is 0 Å². The van der Waals surface area contributed by atoms with Crippen LogP contribution in [-0.2, 0) is 29.0 Å². The molecule has 0 aliphatic heterocycles. The van der Waals surface area contributed by atoms with E-state index in [-0.39, 0.29) is 30.8 Å². The third-order valence-corrected chi connectivity index (χ3v) is 6.72. The Labute approximate surface area is 226 Å². The molecule has 8 heteroatoms. The van der Waals surface area contributed by atoms with Gasteiger partial charge >= 0.3 is 0 Å². The maximum atomic E-state index is 13.7. The van der Waals surface area contributed by atoms with Crippen LogP contribution in [-0.4, -0.2) is 28.8 Å². The van der Waals surface area contributed by atoms with Crippen molar-refractivity contribution < 1.29 is 9.59 Å². The van der Waals surface area contributed by atoms with Gasteiger partial charge in [-0.3, -0.25) is 9.59 Å². The first kappa shape index (κ1) is 27.3. The summed E-state index contributed by atoms with van der Waals surface area (Å²) in [5, 5.41) is 4.64. The van der Waals surface area contributed by atoms with Gasteiger partial charge in [0, 0.05) is 29.1 Å². The molecule has 1 N–H and O–H groups in total. The highest BCUT2D eigenvalue weighted by Crippen LogP contribution is 2.26. The second-order valence-corrected chi connectivity index (χ2v) is 10.2. The van der Waals surface area contributed by atoms with Crippen molar-refractivity contribution >= 4 is 58.2 Å². The molecule has 184 valence electrons. The number of nitrogens with zero attached hydrogens (tertiary/aromatic N) is 1. The zero-order chi connectivity index (χ0) is 25.5. The first-order valence-corrected chi connectivity index (χ1v) is 12.7. The largest absolute Gasteiger partial charge is 0.352 e. The maximum absolute atomic E-state index is 13.7. The Hall–Kier alpha value is -2.24. The molecule has 3 aromatic carbocycles. The lowest BCUT2D eigenvalue weighted by atomic mass is 10.0. The van der Waals surface area contributed by atoms with E-state index in [2.05, 4.69) is 5.32 Å². The summed E-state index contributed by atoms with van der Waals surface area (Å²) in [6, 6.07) is 18.9. The van der Waals surface area contributed by atoms with E-state index in [0.717, 1.165) is 11.1 Å². The van der Waals surface area contributed by atoms with Gasteiger partial charge in [0.25, 0.3) is 0 Å². The van der Waals surface area contributed by atoms with Gasteiger partial charge in [0.05, 0.1) is 16.5 Å². The Bertz CT molecular complexity index is 1190. The van der Waals surface area contributed by atoms with Crippen LogP contribution in [0.3, 0.4) is 0 Å². The lowest BCUT2D eigenvalue weighted by Gasteiger charge is -2.32.